The summed E-state index contributed by atoms with van der Waals surface area (Å²) in [5.74, 6) is -0.700. The molecule has 19 heavy (non-hydrogen) atoms. The minimum atomic E-state index is -0.490. The molecule has 0 saturated carbocycles. The van der Waals surface area contributed by atoms with E-state index in [4.69, 9.17) is 9.47 Å². The monoisotopic (exact) mass is 333 g/mol. The maximum atomic E-state index is 13.2. The normalized spacial score (nSPS) is 12.0. The number of benzene rings is 1. The van der Waals surface area contributed by atoms with Gasteiger partial charge in [-0.1, -0.05) is 15.9 Å². The van der Waals surface area contributed by atoms with Gasteiger partial charge in [0.25, 0.3) is 5.91 Å². The summed E-state index contributed by atoms with van der Waals surface area (Å²) in [6.07, 6.45) is 0.700. The van der Waals surface area contributed by atoms with Crippen LogP contribution in [0.1, 0.15) is 16.8 Å². The van der Waals surface area contributed by atoms with E-state index < -0.39 is 5.82 Å². The Morgan fingerprint density at radius 3 is 2.79 bits per heavy atom. The molecule has 1 N–H and O–H groups in total. The maximum Gasteiger partial charge on any atom is 0.251 e. The van der Waals surface area contributed by atoms with Crippen molar-refractivity contribution in [2.75, 3.05) is 26.2 Å². The first-order chi connectivity index (χ1) is 9.12. The first-order valence-corrected chi connectivity index (χ1v) is 6.93. The third kappa shape index (κ3) is 4.80. The van der Waals surface area contributed by atoms with Crippen molar-refractivity contribution < 1.29 is 18.7 Å². The van der Waals surface area contributed by atoms with Crippen LogP contribution in [0, 0.1) is 5.82 Å². The van der Waals surface area contributed by atoms with Gasteiger partial charge in [-0.05, 0) is 24.6 Å². The Balaban J connectivity index is 2.71. The Hall–Kier alpha value is -1.14. The van der Waals surface area contributed by atoms with Gasteiger partial charge >= 0.3 is 0 Å². The zero-order valence-electron chi connectivity index (χ0n) is 10.9. The van der Waals surface area contributed by atoms with Crippen LogP contribution in [0.5, 0.6) is 5.75 Å². The molecule has 0 heterocycles. The molecule has 6 heteroatoms. The number of amides is 1. The molecule has 0 radical (unpaired) electrons. The highest BCUT2D eigenvalue weighted by Crippen LogP contribution is 2.18. The highest BCUT2D eigenvalue weighted by molar-refractivity contribution is 9.09. The lowest BCUT2D eigenvalue weighted by Gasteiger charge is -2.16. The summed E-state index contributed by atoms with van der Waals surface area (Å²) in [4.78, 5) is 12.0. The smallest absolute Gasteiger partial charge is 0.251 e. The van der Waals surface area contributed by atoms with Crippen LogP contribution in [0.25, 0.3) is 0 Å². The molecule has 0 spiro atoms. The molecule has 0 aliphatic heterocycles. The van der Waals surface area contributed by atoms with Crippen molar-refractivity contribution in [3.63, 3.8) is 0 Å². The summed E-state index contributed by atoms with van der Waals surface area (Å²) < 4.78 is 23.1. The second-order valence-electron chi connectivity index (χ2n) is 3.96. The number of carbonyl (C=O) groups is 1. The van der Waals surface area contributed by atoms with Crippen LogP contribution in [0.4, 0.5) is 4.39 Å². The number of ether oxygens (including phenoxy) is 2. The third-order valence-electron chi connectivity index (χ3n) is 2.61. The average molecular weight is 334 g/mol. The number of nitrogens with one attached hydrogen (secondary N) is 1. The maximum absolute atomic E-state index is 13.2. The lowest BCUT2D eigenvalue weighted by Crippen LogP contribution is -2.36. The van der Waals surface area contributed by atoms with Gasteiger partial charge in [-0.25, -0.2) is 4.39 Å². The second kappa shape index (κ2) is 8.12. The van der Waals surface area contributed by atoms with Crippen LogP contribution in [-0.4, -0.2) is 38.1 Å². The van der Waals surface area contributed by atoms with Crippen molar-refractivity contribution in [2.45, 2.75) is 12.5 Å². The molecule has 1 aromatic carbocycles. The fourth-order valence-corrected chi connectivity index (χ4v) is 2.00. The number of rotatable bonds is 7. The summed E-state index contributed by atoms with van der Waals surface area (Å²) in [6.45, 7) is 0.559. The molecule has 1 amide bonds. The van der Waals surface area contributed by atoms with Crippen LogP contribution in [-0.2, 0) is 4.74 Å². The van der Waals surface area contributed by atoms with Gasteiger partial charge < -0.3 is 14.8 Å². The van der Waals surface area contributed by atoms with Crippen molar-refractivity contribution in [2.24, 2.45) is 0 Å². The van der Waals surface area contributed by atoms with Crippen molar-refractivity contribution in [3.8, 4) is 5.75 Å². The summed E-state index contributed by atoms with van der Waals surface area (Å²) in [5, 5.41) is 3.47. The number of alkyl halides is 1. The quantitative estimate of drug-likeness (QED) is 0.779. The first-order valence-electron chi connectivity index (χ1n) is 5.81. The van der Waals surface area contributed by atoms with Crippen molar-refractivity contribution in [3.05, 3.63) is 29.6 Å². The van der Waals surface area contributed by atoms with E-state index in [1.54, 1.807) is 7.11 Å². The van der Waals surface area contributed by atoms with E-state index in [1.165, 1.54) is 25.3 Å². The number of halogens is 2. The minimum Gasteiger partial charge on any atom is -0.494 e. The van der Waals surface area contributed by atoms with Crippen molar-refractivity contribution in [1.29, 1.82) is 0 Å². The Morgan fingerprint density at radius 1 is 1.47 bits per heavy atom. The highest BCUT2D eigenvalue weighted by Gasteiger charge is 2.14. The van der Waals surface area contributed by atoms with E-state index in [9.17, 15) is 9.18 Å². The standard InChI is InChI=1S/C13H17BrFNO3/c1-18-6-5-10(8-14)16-13(17)9-3-4-11(15)12(7-9)19-2/h3-4,7,10H,5-6,8H2,1-2H3,(H,16,17). The fourth-order valence-electron chi connectivity index (χ4n) is 1.52. The molecule has 1 atom stereocenters. The molecule has 106 valence electrons. The van der Waals surface area contributed by atoms with E-state index in [1.807, 2.05) is 0 Å². The number of carbonyl (C=O) groups excluding carboxylic acids is 1. The Labute approximate surface area is 120 Å². The van der Waals surface area contributed by atoms with Gasteiger partial charge in [0, 0.05) is 30.7 Å². The van der Waals surface area contributed by atoms with Crippen LogP contribution in [0.3, 0.4) is 0 Å². The zero-order chi connectivity index (χ0) is 14.3. The van der Waals surface area contributed by atoms with E-state index in [0.29, 0.717) is 23.9 Å². The molecule has 1 unspecified atom stereocenters. The molecule has 1 rings (SSSR count). The predicted octanol–water partition coefficient (Wildman–Crippen LogP) is 2.36. The van der Waals surface area contributed by atoms with E-state index >= 15 is 0 Å². The molecule has 0 aliphatic rings. The Morgan fingerprint density at radius 2 is 2.21 bits per heavy atom. The molecular weight excluding hydrogens is 317 g/mol. The molecule has 0 saturated heterocycles. The highest BCUT2D eigenvalue weighted by atomic mass is 79.9. The topological polar surface area (TPSA) is 47.6 Å². The average Bonchev–Trinajstić information content (AvgIpc) is 2.43. The van der Waals surface area contributed by atoms with Gasteiger partial charge in [-0.15, -0.1) is 0 Å². The largest absolute Gasteiger partial charge is 0.494 e. The van der Waals surface area contributed by atoms with E-state index in [0.717, 1.165) is 0 Å². The van der Waals surface area contributed by atoms with Crippen LogP contribution < -0.4 is 10.1 Å². The number of methoxy groups -OCH3 is 2. The summed E-state index contributed by atoms with van der Waals surface area (Å²) in [6, 6.07) is 3.98. The first kappa shape index (κ1) is 15.9. The number of hydrogen-bond acceptors (Lipinski definition) is 3. The van der Waals surface area contributed by atoms with Crippen LogP contribution >= 0.6 is 15.9 Å². The second-order valence-corrected chi connectivity index (χ2v) is 4.60. The molecule has 0 fully saturated rings. The van der Waals surface area contributed by atoms with E-state index in [2.05, 4.69) is 21.2 Å². The molecule has 1 aromatic rings. The van der Waals surface area contributed by atoms with Gasteiger partial charge in [0.15, 0.2) is 11.6 Å². The summed E-state index contributed by atoms with van der Waals surface area (Å²) in [5.41, 5.74) is 0.363. The Bertz CT molecular complexity index is 428. The van der Waals surface area contributed by atoms with Crippen molar-refractivity contribution >= 4 is 21.8 Å². The third-order valence-corrected chi connectivity index (χ3v) is 3.39. The van der Waals surface area contributed by atoms with Gasteiger partial charge in [0.1, 0.15) is 0 Å². The Kier molecular flexibility index (Phi) is 6.80. The molecule has 0 aliphatic carbocycles. The van der Waals surface area contributed by atoms with E-state index in [-0.39, 0.29) is 17.7 Å². The molecule has 0 bridgehead atoms. The molecular formula is C13H17BrFNO3. The van der Waals surface area contributed by atoms with Crippen LogP contribution in [0.2, 0.25) is 0 Å². The van der Waals surface area contributed by atoms with Gasteiger partial charge in [0.2, 0.25) is 0 Å². The summed E-state index contributed by atoms with van der Waals surface area (Å²) >= 11 is 3.33. The van der Waals surface area contributed by atoms with Gasteiger partial charge in [-0.3, -0.25) is 4.79 Å². The summed E-state index contributed by atoms with van der Waals surface area (Å²) in [7, 11) is 2.97. The SMILES string of the molecule is COCCC(CBr)NC(=O)c1ccc(F)c(OC)c1. The zero-order valence-corrected chi connectivity index (χ0v) is 12.5. The fraction of sp³-hybridized carbons (Fsp3) is 0.462. The molecule has 4 nitrogen and oxygen atoms in total. The van der Waals surface area contributed by atoms with Crippen LogP contribution in [0.15, 0.2) is 18.2 Å². The lowest BCUT2D eigenvalue weighted by atomic mass is 10.1. The van der Waals surface area contributed by atoms with Gasteiger partial charge in [-0.2, -0.15) is 0 Å². The number of hydrogen-bond donors (Lipinski definition) is 1. The predicted molar refractivity (Wildman–Crippen MR) is 74.5 cm³/mol. The minimum absolute atomic E-state index is 0.0384. The molecule has 0 aromatic heterocycles. The van der Waals surface area contributed by atoms with Crippen molar-refractivity contribution in [1.82, 2.24) is 5.32 Å². The van der Waals surface area contributed by atoms with Gasteiger partial charge in [0.05, 0.1) is 7.11 Å². The lowest BCUT2D eigenvalue weighted by molar-refractivity contribution is 0.0930.